The molecule has 0 heterocycles. The lowest BCUT2D eigenvalue weighted by Gasteiger charge is -2.12. The average Bonchev–Trinajstić information content (AvgIpc) is 2.16. The smallest absolute Gasteiger partial charge is 0.221 e. The van der Waals surface area contributed by atoms with Gasteiger partial charge in [0.05, 0.1) is 0 Å². The highest BCUT2D eigenvalue weighted by atomic mass is 16.1. The van der Waals surface area contributed by atoms with Crippen molar-refractivity contribution in [3.05, 3.63) is 0 Å². The molecule has 0 aromatic rings. The molecule has 0 aliphatic carbocycles. The van der Waals surface area contributed by atoms with Crippen LogP contribution in [0, 0.1) is 5.92 Å². The quantitative estimate of drug-likeness (QED) is 0.626. The second kappa shape index (κ2) is 8.05. The van der Waals surface area contributed by atoms with Crippen LogP contribution < -0.4 is 10.6 Å². The number of hydrogen-bond donors (Lipinski definition) is 2. The molecule has 0 aromatic heterocycles. The number of amides is 1. The highest BCUT2D eigenvalue weighted by molar-refractivity contribution is 5.76. The number of nitrogens with one attached hydrogen (secondary N) is 2. The summed E-state index contributed by atoms with van der Waals surface area (Å²) < 4.78 is 0. The van der Waals surface area contributed by atoms with Crippen molar-refractivity contribution >= 4 is 5.91 Å². The van der Waals surface area contributed by atoms with E-state index < -0.39 is 0 Å². The summed E-state index contributed by atoms with van der Waals surface area (Å²) in [5, 5.41) is 5.89. The zero-order valence-corrected chi connectivity index (χ0v) is 9.02. The van der Waals surface area contributed by atoms with Gasteiger partial charge in [0.15, 0.2) is 0 Å². The van der Waals surface area contributed by atoms with Crippen LogP contribution in [-0.4, -0.2) is 26.0 Å². The van der Waals surface area contributed by atoms with Crippen LogP contribution >= 0.6 is 0 Å². The zero-order valence-electron chi connectivity index (χ0n) is 9.02. The summed E-state index contributed by atoms with van der Waals surface area (Å²) in [6.45, 7) is 5.91. The molecule has 0 bridgehead atoms. The Bertz CT molecular complexity index is 133. The fourth-order valence-corrected chi connectivity index (χ4v) is 1.16. The molecular formula is C10H22N2O. The van der Waals surface area contributed by atoms with Gasteiger partial charge in [-0.1, -0.05) is 26.7 Å². The lowest BCUT2D eigenvalue weighted by molar-refractivity contribution is -0.121. The highest BCUT2D eigenvalue weighted by Crippen LogP contribution is 2.04. The molecule has 0 rings (SSSR count). The van der Waals surface area contributed by atoms with E-state index in [4.69, 9.17) is 0 Å². The van der Waals surface area contributed by atoms with Crippen molar-refractivity contribution in [3.63, 3.8) is 0 Å². The molecule has 78 valence electrons. The Labute approximate surface area is 81.3 Å². The van der Waals surface area contributed by atoms with Gasteiger partial charge in [0.1, 0.15) is 0 Å². The Kier molecular flexibility index (Phi) is 7.69. The highest BCUT2D eigenvalue weighted by Gasteiger charge is 2.05. The normalized spacial score (nSPS) is 10.5. The maximum absolute atomic E-state index is 11.2. The van der Waals surface area contributed by atoms with Gasteiger partial charge in [-0.05, 0) is 13.0 Å². The number of carbonyl (C=O) groups is 1. The number of rotatable bonds is 7. The second-order valence-corrected chi connectivity index (χ2v) is 3.34. The molecule has 3 nitrogen and oxygen atoms in total. The summed E-state index contributed by atoms with van der Waals surface area (Å²) in [5.74, 6) is 0.791. The van der Waals surface area contributed by atoms with Gasteiger partial charge in [0.2, 0.25) is 5.91 Å². The summed E-state index contributed by atoms with van der Waals surface area (Å²) in [6, 6.07) is 0. The van der Waals surface area contributed by atoms with Crippen molar-refractivity contribution in [2.75, 3.05) is 20.1 Å². The van der Waals surface area contributed by atoms with Gasteiger partial charge in [0.25, 0.3) is 0 Å². The molecule has 13 heavy (non-hydrogen) atoms. The summed E-state index contributed by atoms with van der Waals surface area (Å²) >= 11 is 0. The van der Waals surface area contributed by atoms with E-state index in [2.05, 4.69) is 24.5 Å². The minimum absolute atomic E-state index is 0.154. The predicted octanol–water partition coefficient (Wildman–Crippen LogP) is 1.15. The van der Waals surface area contributed by atoms with Crippen LogP contribution in [0.15, 0.2) is 0 Å². The molecule has 0 atom stereocenters. The van der Waals surface area contributed by atoms with Crippen molar-refractivity contribution in [3.8, 4) is 0 Å². The van der Waals surface area contributed by atoms with Gasteiger partial charge in [0, 0.05) is 19.5 Å². The van der Waals surface area contributed by atoms with Crippen molar-refractivity contribution < 1.29 is 4.79 Å². The summed E-state index contributed by atoms with van der Waals surface area (Å²) in [7, 11) is 1.86. The Balaban J connectivity index is 3.44. The van der Waals surface area contributed by atoms with Gasteiger partial charge in [-0.15, -0.1) is 0 Å². The number of carbonyl (C=O) groups excluding carboxylic acids is 1. The summed E-state index contributed by atoms with van der Waals surface area (Å²) in [4.78, 5) is 11.2. The monoisotopic (exact) mass is 186 g/mol. The van der Waals surface area contributed by atoms with E-state index in [0.717, 1.165) is 25.9 Å². The molecule has 0 saturated heterocycles. The van der Waals surface area contributed by atoms with Gasteiger partial charge >= 0.3 is 0 Å². The van der Waals surface area contributed by atoms with Crippen molar-refractivity contribution in [2.24, 2.45) is 5.92 Å². The lowest BCUT2D eigenvalue weighted by atomic mass is 10.0. The molecule has 0 aromatic carbocycles. The van der Waals surface area contributed by atoms with Crippen LogP contribution in [0.25, 0.3) is 0 Å². The minimum Gasteiger partial charge on any atom is -0.356 e. The van der Waals surface area contributed by atoms with Crippen LogP contribution in [0.5, 0.6) is 0 Å². The van der Waals surface area contributed by atoms with Gasteiger partial charge in [-0.3, -0.25) is 4.79 Å². The first-order valence-corrected chi connectivity index (χ1v) is 5.15. The standard InChI is InChI=1S/C10H22N2O/c1-4-9(5-2)8-12-10(13)6-7-11-3/h9,11H,4-8H2,1-3H3,(H,12,13). The van der Waals surface area contributed by atoms with Crippen molar-refractivity contribution in [1.29, 1.82) is 0 Å². The molecule has 0 aliphatic rings. The summed E-state index contributed by atoms with van der Waals surface area (Å²) in [6.07, 6.45) is 2.86. The SMILES string of the molecule is CCC(CC)CNC(=O)CCNC. The predicted molar refractivity (Wildman–Crippen MR) is 55.6 cm³/mol. The Morgan fingerprint density at radius 2 is 1.92 bits per heavy atom. The topological polar surface area (TPSA) is 41.1 Å². The first kappa shape index (κ1) is 12.4. The molecule has 0 unspecified atom stereocenters. The molecule has 0 fully saturated rings. The average molecular weight is 186 g/mol. The molecule has 2 N–H and O–H groups in total. The van der Waals surface area contributed by atoms with E-state index >= 15 is 0 Å². The van der Waals surface area contributed by atoms with Crippen LogP contribution in [0.3, 0.4) is 0 Å². The van der Waals surface area contributed by atoms with E-state index in [1.54, 1.807) is 0 Å². The maximum atomic E-state index is 11.2. The first-order chi connectivity index (χ1) is 6.24. The maximum Gasteiger partial charge on any atom is 0.221 e. The number of hydrogen-bond acceptors (Lipinski definition) is 2. The third-order valence-electron chi connectivity index (χ3n) is 2.34. The Hall–Kier alpha value is -0.570. The molecule has 3 heteroatoms. The van der Waals surface area contributed by atoms with Gasteiger partial charge < -0.3 is 10.6 Å². The van der Waals surface area contributed by atoms with Crippen molar-refractivity contribution in [2.45, 2.75) is 33.1 Å². The fraction of sp³-hybridized carbons (Fsp3) is 0.900. The second-order valence-electron chi connectivity index (χ2n) is 3.34. The zero-order chi connectivity index (χ0) is 10.1. The third kappa shape index (κ3) is 6.58. The van der Waals surface area contributed by atoms with Crippen LogP contribution in [0.1, 0.15) is 33.1 Å². The molecule has 0 saturated carbocycles. The van der Waals surface area contributed by atoms with E-state index in [0.29, 0.717) is 12.3 Å². The third-order valence-corrected chi connectivity index (χ3v) is 2.34. The Morgan fingerprint density at radius 1 is 1.31 bits per heavy atom. The van der Waals surface area contributed by atoms with E-state index in [-0.39, 0.29) is 5.91 Å². The van der Waals surface area contributed by atoms with Crippen LogP contribution in [0.2, 0.25) is 0 Å². The first-order valence-electron chi connectivity index (χ1n) is 5.15. The lowest BCUT2D eigenvalue weighted by Crippen LogP contribution is -2.30. The van der Waals surface area contributed by atoms with Crippen LogP contribution in [-0.2, 0) is 4.79 Å². The van der Waals surface area contributed by atoms with Gasteiger partial charge in [-0.2, -0.15) is 0 Å². The largest absolute Gasteiger partial charge is 0.356 e. The fourth-order valence-electron chi connectivity index (χ4n) is 1.16. The van der Waals surface area contributed by atoms with Crippen molar-refractivity contribution in [1.82, 2.24) is 10.6 Å². The molecule has 0 spiro atoms. The van der Waals surface area contributed by atoms with Crippen LogP contribution in [0.4, 0.5) is 0 Å². The van der Waals surface area contributed by atoms with E-state index in [9.17, 15) is 4.79 Å². The molecule has 0 radical (unpaired) electrons. The molecular weight excluding hydrogens is 164 g/mol. The summed E-state index contributed by atoms with van der Waals surface area (Å²) in [5.41, 5.74) is 0. The van der Waals surface area contributed by atoms with Gasteiger partial charge in [-0.25, -0.2) is 0 Å². The van der Waals surface area contributed by atoms with E-state index in [1.807, 2.05) is 7.05 Å². The Morgan fingerprint density at radius 3 is 2.38 bits per heavy atom. The minimum atomic E-state index is 0.154. The van der Waals surface area contributed by atoms with E-state index in [1.165, 1.54) is 0 Å². The molecule has 0 aliphatic heterocycles. The molecule has 1 amide bonds.